The van der Waals surface area contributed by atoms with Crippen molar-refractivity contribution in [2.75, 3.05) is 5.32 Å². The highest BCUT2D eigenvalue weighted by Crippen LogP contribution is 2.63. The molecule has 0 aliphatic heterocycles. The lowest BCUT2D eigenvalue weighted by atomic mass is 9.68. The first kappa shape index (κ1) is 14.0. The molecule has 0 aromatic heterocycles. The lowest BCUT2D eigenvalue weighted by molar-refractivity contribution is 0.155. The molecule has 0 spiro atoms. The van der Waals surface area contributed by atoms with Gasteiger partial charge in [0.15, 0.2) is 0 Å². The number of para-hydroxylation sites is 1. The summed E-state index contributed by atoms with van der Waals surface area (Å²) in [5, 5.41) is 3.95. The zero-order chi connectivity index (χ0) is 14.5. The van der Waals surface area contributed by atoms with Crippen molar-refractivity contribution in [3.63, 3.8) is 0 Å². The van der Waals surface area contributed by atoms with Gasteiger partial charge in [-0.15, -0.1) is 0 Å². The smallest absolute Gasteiger partial charge is 0.0377 e. The van der Waals surface area contributed by atoms with Gasteiger partial charge in [0, 0.05) is 11.7 Å². The summed E-state index contributed by atoms with van der Waals surface area (Å²) in [6.07, 6.45) is 4.22. The first-order valence-electron chi connectivity index (χ1n) is 8.20. The molecule has 2 fully saturated rings. The minimum absolute atomic E-state index is 0.414. The van der Waals surface area contributed by atoms with Crippen LogP contribution in [0.1, 0.15) is 65.4 Å². The number of rotatable bonds is 3. The third-order valence-electron chi connectivity index (χ3n) is 6.15. The Bertz CT molecular complexity index is 497. The normalized spacial score (nSPS) is 34.7. The van der Waals surface area contributed by atoms with Gasteiger partial charge in [-0.3, -0.25) is 0 Å². The highest BCUT2D eigenvalue weighted by molar-refractivity contribution is 5.54. The highest BCUT2D eigenvalue weighted by atomic mass is 15.0. The van der Waals surface area contributed by atoms with Crippen molar-refractivity contribution < 1.29 is 0 Å². The van der Waals surface area contributed by atoms with E-state index in [1.54, 1.807) is 0 Å². The van der Waals surface area contributed by atoms with Crippen molar-refractivity contribution in [2.45, 2.75) is 65.8 Å². The van der Waals surface area contributed by atoms with Crippen molar-refractivity contribution >= 4 is 5.69 Å². The lowest BCUT2D eigenvalue weighted by Gasteiger charge is -2.44. The van der Waals surface area contributed by atoms with Gasteiger partial charge in [0.2, 0.25) is 0 Å². The van der Waals surface area contributed by atoms with Gasteiger partial charge in [0.05, 0.1) is 0 Å². The van der Waals surface area contributed by atoms with Crippen molar-refractivity contribution in [3.05, 3.63) is 29.8 Å². The molecule has 1 aromatic rings. The molecule has 0 heterocycles. The minimum atomic E-state index is 0.414. The van der Waals surface area contributed by atoms with Crippen LogP contribution in [-0.4, -0.2) is 6.04 Å². The van der Waals surface area contributed by atoms with Crippen LogP contribution in [0.4, 0.5) is 5.69 Å². The molecule has 20 heavy (non-hydrogen) atoms. The van der Waals surface area contributed by atoms with Crippen LogP contribution in [0.2, 0.25) is 0 Å². The number of fused-ring (bicyclic) bond motifs is 2. The van der Waals surface area contributed by atoms with E-state index < -0.39 is 0 Å². The van der Waals surface area contributed by atoms with E-state index in [9.17, 15) is 0 Å². The second kappa shape index (κ2) is 4.51. The summed E-state index contributed by atoms with van der Waals surface area (Å²) in [6, 6.07) is 9.47. The summed E-state index contributed by atoms with van der Waals surface area (Å²) in [7, 11) is 0. The van der Waals surface area contributed by atoms with Gasteiger partial charge in [-0.05, 0) is 53.6 Å². The van der Waals surface area contributed by atoms with E-state index in [2.05, 4.69) is 64.2 Å². The van der Waals surface area contributed by atoms with E-state index in [0.29, 0.717) is 22.8 Å². The predicted molar refractivity (Wildman–Crippen MR) is 87.2 cm³/mol. The Kier molecular flexibility index (Phi) is 3.15. The van der Waals surface area contributed by atoms with Crippen molar-refractivity contribution in [1.29, 1.82) is 0 Å². The summed E-state index contributed by atoms with van der Waals surface area (Å²) in [6.45, 7) is 12.0. The molecule has 2 aliphatic rings. The second-order valence-corrected chi connectivity index (χ2v) is 8.23. The Labute approximate surface area is 124 Å². The molecule has 0 amide bonds. The maximum absolute atomic E-state index is 3.95. The zero-order valence-corrected chi connectivity index (χ0v) is 13.7. The molecule has 110 valence electrons. The zero-order valence-electron chi connectivity index (χ0n) is 13.7. The molecular formula is C19H29N. The van der Waals surface area contributed by atoms with Crippen LogP contribution in [0.5, 0.6) is 0 Å². The minimum Gasteiger partial charge on any atom is -0.381 e. The van der Waals surface area contributed by atoms with E-state index in [-0.39, 0.29) is 0 Å². The fraction of sp³-hybridized carbons (Fsp3) is 0.684. The number of nitrogens with one attached hydrogen (secondary N) is 1. The Morgan fingerprint density at radius 1 is 1.15 bits per heavy atom. The number of hydrogen-bond acceptors (Lipinski definition) is 1. The summed E-state index contributed by atoms with van der Waals surface area (Å²) in [4.78, 5) is 0. The van der Waals surface area contributed by atoms with Gasteiger partial charge >= 0.3 is 0 Å². The van der Waals surface area contributed by atoms with Crippen LogP contribution in [0.3, 0.4) is 0 Å². The van der Waals surface area contributed by atoms with E-state index in [1.165, 1.54) is 30.5 Å². The third-order valence-corrected chi connectivity index (χ3v) is 6.15. The average Bonchev–Trinajstić information content (AvgIpc) is 2.86. The molecule has 0 saturated heterocycles. The summed E-state index contributed by atoms with van der Waals surface area (Å²) in [5.41, 5.74) is 3.71. The summed E-state index contributed by atoms with van der Waals surface area (Å²) >= 11 is 0. The Morgan fingerprint density at radius 3 is 2.45 bits per heavy atom. The molecule has 3 rings (SSSR count). The van der Waals surface area contributed by atoms with Crippen LogP contribution >= 0.6 is 0 Å². The van der Waals surface area contributed by atoms with E-state index in [1.807, 2.05) is 0 Å². The molecule has 1 aromatic carbocycles. The van der Waals surface area contributed by atoms with Crippen LogP contribution in [0.15, 0.2) is 24.3 Å². The molecule has 2 saturated carbocycles. The molecule has 1 nitrogen and oxygen atoms in total. The Morgan fingerprint density at radius 2 is 1.85 bits per heavy atom. The van der Waals surface area contributed by atoms with E-state index in [4.69, 9.17) is 0 Å². The molecule has 2 bridgehead atoms. The van der Waals surface area contributed by atoms with Crippen LogP contribution in [0, 0.1) is 16.7 Å². The highest BCUT2D eigenvalue weighted by Gasteiger charge is 2.59. The molecule has 3 atom stereocenters. The molecule has 0 radical (unpaired) electrons. The SMILES string of the molecule is CC(C)c1ccccc1NC1C(C)(C)[C@H]2CC[C@]1(C)C2. The largest absolute Gasteiger partial charge is 0.381 e. The monoisotopic (exact) mass is 271 g/mol. The first-order chi connectivity index (χ1) is 9.34. The molecule has 2 aliphatic carbocycles. The fourth-order valence-electron chi connectivity index (χ4n) is 4.95. The Hall–Kier alpha value is -0.980. The summed E-state index contributed by atoms with van der Waals surface area (Å²) in [5.74, 6) is 1.48. The van der Waals surface area contributed by atoms with Gasteiger partial charge in [0.1, 0.15) is 0 Å². The standard InChI is InChI=1S/C19H29N/c1-13(2)15-8-6-7-9-16(15)20-17-18(3,4)14-10-11-19(17,5)12-14/h6-9,13-14,17,20H,10-12H2,1-5H3/t14-,17?,19+/m0/s1. The molecule has 1 N–H and O–H groups in total. The first-order valence-corrected chi connectivity index (χ1v) is 8.20. The number of benzene rings is 1. The van der Waals surface area contributed by atoms with Gasteiger partial charge in [-0.1, -0.05) is 52.8 Å². The maximum atomic E-state index is 3.95. The molecular weight excluding hydrogens is 242 g/mol. The maximum Gasteiger partial charge on any atom is 0.0377 e. The van der Waals surface area contributed by atoms with Gasteiger partial charge in [0.25, 0.3) is 0 Å². The van der Waals surface area contributed by atoms with Crippen LogP contribution in [-0.2, 0) is 0 Å². The van der Waals surface area contributed by atoms with Gasteiger partial charge in [-0.25, -0.2) is 0 Å². The number of hydrogen-bond donors (Lipinski definition) is 1. The molecule has 1 unspecified atom stereocenters. The quantitative estimate of drug-likeness (QED) is 0.772. The van der Waals surface area contributed by atoms with Crippen LogP contribution in [0.25, 0.3) is 0 Å². The topological polar surface area (TPSA) is 12.0 Å². The van der Waals surface area contributed by atoms with Gasteiger partial charge < -0.3 is 5.32 Å². The average molecular weight is 271 g/mol. The summed E-state index contributed by atoms with van der Waals surface area (Å²) < 4.78 is 0. The van der Waals surface area contributed by atoms with Crippen LogP contribution < -0.4 is 5.32 Å². The van der Waals surface area contributed by atoms with Crippen molar-refractivity contribution in [2.24, 2.45) is 16.7 Å². The predicted octanol–water partition coefficient (Wildman–Crippen LogP) is 5.44. The second-order valence-electron chi connectivity index (χ2n) is 8.23. The lowest BCUT2D eigenvalue weighted by Crippen LogP contribution is -2.46. The van der Waals surface area contributed by atoms with E-state index >= 15 is 0 Å². The van der Waals surface area contributed by atoms with Crippen molar-refractivity contribution in [3.8, 4) is 0 Å². The van der Waals surface area contributed by atoms with Crippen molar-refractivity contribution in [1.82, 2.24) is 0 Å². The fourth-order valence-corrected chi connectivity index (χ4v) is 4.95. The Balaban J connectivity index is 1.92. The molecule has 1 heteroatoms. The third kappa shape index (κ3) is 1.98. The van der Waals surface area contributed by atoms with E-state index in [0.717, 1.165) is 5.92 Å². The number of anilines is 1. The van der Waals surface area contributed by atoms with Gasteiger partial charge in [-0.2, -0.15) is 0 Å².